The first kappa shape index (κ1) is 22.9. The van der Waals surface area contributed by atoms with Crippen molar-refractivity contribution in [3.63, 3.8) is 0 Å². The lowest BCUT2D eigenvalue weighted by molar-refractivity contribution is -0.134. The summed E-state index contributed by atoms with van der Waals surface area (Å²) in [4.78, 5) is 19.1. The molecule has 0 radical (unpaired) electrons. The molecule has 1 saturated heterocycles. The molecule has 3 aromatic rings. The highest BCUT2D eigenvalue weighted by Gasteiger charge is 2.18. The Morgan fingerprint density at radius 1 is 1.16 bits per heavy atom. The van der Waals surface area contributed by atoms with Crippen molar-refractivity contribution in [2.24, 2.45) is 0 Å². The van der Waals surface area contributed by atoms with E-state index in [0.29, 0.717) is 36.9 Å². The first-order chi connectivity index (χ1) is 15.5. The number of para-hydroxylation sites is 2. The van der Waals surface area contributed by atoms with Crippen LogP contribution in [0.4, 0.5) is 4.39 Å². The van der Waals surface area contributed by atoms with Crippen molar-refractivity contribution in [1.29, 1.82) is 0 Å². The Labute approximate surface area is 182 Å². The third-order valence-corrected chi connectivity index (χ3v) is 4.41. The van der Waals surface area contributed by atoms with Crippen LogP contribution in [0.25, 0.3) is 16.6 Å². The minimum absolute atomic E-state index is 0.00359. The van der Waals surface area contributed by atoms with Crippen LogP contribution in [0.2, 0.25) is 0 Å². The Morgan fingerprint density at radius 3 is 2.50 bits per heavy atom. The van der Waals surface area contributed by atoms with Crippen molar-refractivity contribution in [1.82, 2.24) is 15.1 Å². The number of aromatic nitrogens is 2. The molecule has 1 fully saturated rings. The van der Waals surface area contributed by atoms with E-state index in [1.807, 2.05) is 24.3 Å². The molecule has 9 nitrogen and oxygen atoms in total. The van der Waals surface area contributed by atoms with Gasteiger partial charge >= 0.3 is 11.9 Å². The van der Waals surface area contributed by atoms with Gasteiger partial charge < -0.3 is 25.0 Å². The number of carbonyl (C=O) groups is 2. The summed E-state index contributed by atoms with van der Waals surface area (Å²) in [7, 11) is 0. The zero-order valence-corrected chi connectivity index (χ0v) is 17.0. The van der Waals surface area contributed by atoms with Crippen LogP contribution in [0.1, 0.15) is 0 Å². The highest BCUT2D eigenvalue weighted by Crippen LogP contribution is 2.28. The molecule has 2 heterocycles. The van der Waals surface area contributed by atoms with Gasteiger partial charge in [0.1, 0.15) is 24.2 Å². The van der Waals surface area contributed by atoms with E-state index >= 15 is 0 Å². The minimum Gasteiger partial charge on any atom is -0.478 e. The number of nitrogens with zero attached hydrogens (tertiary/aromatic N) is 2. The van der Waals surface area contributed by atoms with Crippen molar-refractivity contribution >= 4 is 22.8 Å². The maximum atomic E-state index is 14.2. The molecule has 0 amide bonds. The number of hydrogen-bond acceptors (Lipinski definition) is 6. The molecule has 2 aromatic carbocycles. The van der Waals surface area contributed by atoms with Crippen LogP contribution in [-0.4, -0.2) is 64.3 Å². The monoisotopic (exact) mass is 443 g/mol. The number of ether oxygens (including phenoxy) is 2. The zero-order chi connectivity index (χ0) is 22.9. The lowest BCUT2D eigenvalue weighted by atomic mass is 10.2. The molecule has 1 aliphatic heterocycles. The minimum atomic E-state index is -1.26. The first-order valence-electron chi connectivity index (χ1n) is 9.77. The Morgan fingerprint density at radius 2 is 1.84 bits per heavy atom. The van der Waals surface area contributed by atoms with E-state index in [2.05, 4.69) is 10.4 Å². The van der Waals surface area contributed by atoms with Gasteiger partial charge in [0.05, 0.1) is 17.5 Å². The second-order valence-electron chi connectivity index (χ2n) is 6.70. The zero-order valence-electron chi connectivity index (χ0n) is 17.0. The average Bonchev–Trinajstić information content (AvgIpc) is 3.16. The number of rotatable bonds is 6. The quantitative estimate of drug-likeness (QED) is 0.496. The molecular formula is C22H22FN3O6. The molecule has 4 rings (SSSR count). The molecule has 0 saturated carbocycles. The maximum Gasteiger partial charge on any atom is 0.328 e. The first-order valence-corrected chi connectivity index (χ1v) is 9.77. The fourth-order valence-corrected chi connectivity index (χ4v) is 2.99. The van der Waals surface area contributed by atoms with Crippen molar-refractivity contribution in [3.8, 4) is 11.6 Å². The van der Waals surface area contributed by atoms with Gasteiger partial charge in [0, 0.05) is 25.2 Å². The van der Waals surface area contributed by atoms with Crippen LogP contribution in [0.3, 0.4) is 0 Å². The van der Waals surface area contributed by atoms with Crippen LogP contribution in [0, 0.1) is 5.82 Å². The molecule has 1 atom stereocenters. The Balaban J connectivity index is 0.000000312. The number of carboxylic acid groups (broad SMARTS) is 2. The summed E-state index contributed by atoms with van der Waals surface area (Å²) in [6.07, 6.45) is 1.11. The van der Waals surface area contributed by atoms with Crippen molar-refractivity contribution in [2.45, 2.75) is 6.10 Å². The predicted molar refractivity (Wildman–Crippen MR) is 114 cm³/mol. The highest BCUT2D eigenvalue weighted by atomic mass is 19.1. The summed E-state index contributed by atoms with van der Waals surface area (Å²) < 4.78 is 27.3. The second kappa shape index (κ2) is 11.0. The molecule has 10 heteroatoms. The van der Waals surface area contributed by atoms with Crippen LogP contribution in [0.15, 0.2) is 60.7 Å². The van der Waals surface area contributed by atoms with Gasteiger partial charge in [-0.05, 0) is 24.3 Å². The van der Waals surface area contributed by atoms with Crippen molar-refractivity contribution in [2.75, 3.05) is 26.3 Å². The highest BCUT2D eigenvalue weighted by molar-refractivity contribution is 5.89. The largest absolute Gasteiger partial charge is 0.478 e. The van der Waals surface area contributed by atoms with Gasteiger partial charge in [-0.25, -0.2) is 18.7 Å². The van der Waals surface area contributed by atoms with Crippen LogP contribution < -0.4 is 10.1 Å². The summed E-state index contributed by atoms with van der Waals surface area (Å²) in [6, 6.07) is 14.2. The van der Waals surface area contributed by atoms with E-state index in [-0.39, 0.29) is 11.9 Å². The smallest absolute Gasteiger partial charge is 0.328 e. The van der Waals surface area contributed by atoms with Crippen LogP contribution >= 0.6 is 0 Å². The number of hydrogen-bond donors (Lipinski definition) is 3. The molecule has 1 aliphatic rings. The summed E-state index contributed by atoms with van der Waals surface area (Å²) >= 11 is 0. The van der Waals surface area contributed by atoms with E-state index in [1.165, 1.54) is 6.07 Å². The molecule has 0 spiro atoms. The fraction of sp³-hybridized carbons (Fsp3) is 0.227. The number of nitrogens with one attached hydrogen (secondary N) is 1. The van der Waals surface area contributed by atoms with Crippen LogP contribution in [-0.2, 0) is 14.3 Å². The standard InChI is InChI=1S/C18H18FN3O2.C4H4O4/c19-15-6-2-4-8-17(15)22-16-7-3-1-5-14(16)18(21-22)24-12-13-11-20-9-10-23-13;5-3(6)1-2-4(7)8/h1-8,13,20H,9-12H2;1-2H,(H,5,6)(H,7,8)/b;2-1-/t13-;/m0./s1. The fourth-order valence-electron chi connectivity index (χ4n) is 2.99. The molecule has 0 bridgehead atoms. The van der Waals surface area contributed by atoms with Gasteiger partial charge in [0.25, 0.3) is 0 Å². The topological polar surface area (TPSA) is 123 Å². The number of fused-ring (bicyclic) bond motifs is 1. The number of carboxylic acids is 2. The molecule has 168 valence electrons. The van der Waals surface area contributed by atoms with Crippen LogP contribution in [0.5, 0.6) is 5.88 Å². The van der Waals surface area contributed by atoms with Gasteiger partial charge in [-0.2, -0.15) is 0 Å². The maximum absolute atomic E-state index is 14.2. The second-order valence-corrected chi connectivity index (χ2v) is 6.70. The van der Waals surface area contributed by atoms with Gasteiger partial charge in [0.15, 0.2) is 0 Å². The van der Waals surface area contributed by atoms with E-state index in [9.17, 15) is 14.0 Å². The predicted octanol–water partition coefficient (Wildman–Crippen LogP) is 2.24. The van der Waals surface area contributed by atoms with Gasteiger partial charge in [0.2, 0.25) is 5.88 Å². The third-order valence-electron chi connectivity index (χ3n) is 4.41. The van der Waals surface area contributed by atoms with Gasteiger partial charge in [-0.3, -0.25) is 0 Å². The van der Waals surface area contributed by atoms with E-state index in [4.69, 9.17) is 19.7 Å². The summed E-state index contributed by atoms with van der Waals surface area (Å²) in [6.45, 7) is 2.71. The van der Waals surface area contributed by atoms with Gasteiger partial charge in [-0.1, -0.05) is 24.3 Å². The van der Waals surface area contributed by atoms with Crippen molar-refractivity contribution in [3.05, 3.63) is 66.5 Å². The molecular weight excluding hydrogens is 421 g/mol. The molecule has 1 aromatic heterocycles. The lowest BCUT2D eigenvalue weighted by Gasteiger charge is -2.23. The number of aliphatic carboxylic acids is 2. The van der Waals surface area contributed by atoms with E-state index in [1.54, 1.807) is 22.9 Å². The number of benzene rings is 2. The molecule has 32 heavy (non-hydrogen) atoms. The Bertz CT molecular complexity index is 1090. The molecule has 3 N–H and O–H groups in total. The Kier molecular flexibility index (Phi) is 7.90. The molecule has 0 unspecified atom stereocenters. The van der Waals surface area contributed by atoms with E-state index < -0.39 is 11.9 Å². The Hall–Kier alpha value is -3.76. The van der Waals surface area contributed by atoms with Crippen molar-refractivity contribution < 1.29 is 33.7 Å². The lowest BCUT2D eigenvalue weighted by Crippen LogP contribution is -2.41. The van der Waals surface area contributed by atoms with E-state index in [0.717, 1.165) is 24.0 Å². The summed E-state index contributed by atoms with van der Waals surface area (Å²) in [5.41, 5.74) is 1.21. The van der Waals surface area contributed by atoms with Gasteiger partial charge in [-0.15, -0.1) is 5.10 Å². The normalized spacial score (nSPS) is 15.8. The number of halogens is 1. The summed E-state index contributed by atoms with van der Waals surface area (Å²) in [5, 5.41) is 24.2. The third kappa shape index (κ3) is 6.13. The SMILES string of the molecule is Fc1ccccc1-n1nc(OC[C@@H]2CNCCO2)c2ccccc21.O=C(O)/C=C\C(=O)O. The molecule has 0 aliphatic carbocycles. The summed E-state index contributed by atoms with van der Waals surface area (Å²) in [5.74, 6) is -2.35. The number of morpholine rings is 1. The average molecular weight is 443 g/mol.